The maximum atomic E-state index is 11.9. The van der Waals surface area contributed by atoms with Gasteiger partial charge in [0.05, 0.1) is 0 Å². The van der Waals surface area contributed by atoms with Gasteiger partial charge in [0.1, 0.15) is 5.75 Å². The van der Waals surface area contributed by atoms with E-state index in [9.17, 15) is 13.2 Å². The van der Waals surface area contributed by atoms with E-state index >= 15 is 0 Å². The van der Waals surface area contributed by atoms with Crippen LogP contribution in [0.1, 0.15) is 26.7 Å². The number of nitrogens with one attached hydrogen (secondary N) is 2. The molecule has 0 spiro atoms. The molecule has 0 aromatic heterocycles. The summed E-state index contributed by atoms with van der Waals surface area (Å²) in [7, 11) is -3.47. The summed E-state index contributed by atoms with van der Waals surface area (Å²) < 4.78 is 25.1. The number of rotatable bonds is 7. The number of carbonyl (C=O) groups is 1. The minimum absolute atomic E-state index is 0.401. The van der Waals surface area contributed by atoms with Crippen molar-refractivity contribution < 1.29 is 13.2 Å². The summed E-state index contributed by atoms with van der Waals surface area (Å²) in [6.07, 6.45) is 2.19. The average molecular weight is 291 g/mol. The Labute approximate surface area is 116 Å². The fourth-order valence-electron chi connectivity index (χ4n) is 2.28. The summed E-state index contributed by atoms with van der Waals surface area (Å²) in [6, 6.07) is 0. The third-order valence-corrected chi connectivity index (χ3v) is 5.33. The first-order valence-corrected chi connectivity index (χ1v) is 8.55. The molecule has 0 aromatic carbocycles. The van der Waals surface area contributed by atoms with Gasteiger partial charge in [-0.2, -0.15) is 0 Å². The van der Waals surface area contributed by atoms with Crippen molar-refractivity contribution in [2.24, 2.45) is 5.92 Å². The van der Waals surface area contributed by atoms with Gasteiger partial charge in [-0.25, -0.2) is 12.7 Å². The number of nitrogens with zero attached hydrogens (tertiary/aromatic N) is 1. The lowest BCUT2D eigenvalue weighted by Gasteiger charge is -2.23. The Morgan fingerprint density at radius 2 is 2.05 bits per heavy atom. The molecule has 7 heteroatoms. The Morgan fingerprint density at radius 1 is 1.37 bits per heavy atom. The smallest absolute Gasteiger partial charge is 0.236 e. The van der Waals surface area contributed by atoms with E-state index in [1.165, 1.54) is 4.31 Å². The Morgan fingerprint density at radius 3 is 2.58 bits per heavy atom. The van der Waals surface area contributed by atoms with Crippen molar-refractivity contribution in [2.75, 3.05) is 38.5 Å². The molecule has 6 nitrogen and oxygen atoms in total. The highest BCUT2D eigenvalue weighted by molar-refractivity contribution is 7.89. The van der Waals surface area contributed by atoms with E-state index in [-0.39, 0.29) is 0 Å². The zero-order chi connectivity index (χ0) is 14.3. The van der Waals surface area contributed by atoms with Crippen molar-refractivity contribution in [3.63, 3.8) is 0 Å². The Kier molecular flexibility index (Phi) is 6.74. The van der Waals surface area contributed by atoms with E-state index in [0.29, 0.717) is 25.6 Å². The van der Waals surface area contributed by atoms with Crippen molar-refractivity contribution >= 4 is 15.9 Å². The lowest BCUT2D eigenvalue weighted by atomic mass is 10.00. The van der Waals surface area contributed by atoms with Crippen LogP contribution in [0.2, 0.25) is 0 Å². The van der Waals surface area contributed by atoms with Crippen LogP contribution in [0.15, 0.2) is 0 Å². The Balaban J connectivity index is 2.37. The molecule has 1 fully saturated rings. The van der Waals surface area contributed by atoms with Crippen molar-refractivity contribution in [1.82, 2.24) is 14.9 Å². The average Bonchev–Trinajstić information content (AvgIpc) is 2.38. The minimum atomic E-state index is -3.47. The molecule has 1 rings (SSSR count). The quantitative estimate of drug-likeness (QED) is 0.679. The standard InChI is InChI=1S/C12H25N3O3S/c1-3-15(4-2)19(17,18)10-12(16)14-9-11-6-5-7-13-8-11/h11,13H,3-10H2,1-2H3,(H,14,16). The molecule has 112 valence electrons. The van der Waals surface area contributed by atoms with Gasteiger partial charge in [-0.15, -0.1) is 0 Å². The van der Waals surface area contributed by atoms with Crippen LogP contribution in [-0.2, 0) is 14.8 Å². The van der Waals surface area contributed by atoms with Crippen molar-refractivity contribution in [3.05, 3.63) is 0 Å². The molecule has 0 aliphatic carbocycles. The van der Waals surface area contributed by atoms with Crippen LogP contribution in [0.4, 0.5) is 0 Å². The molecule has 0 bridgehead atoms. The predicted molar refractivity (Wildman–Crippen MR) is 75.3 cm³/mol. The number of carbonyl (C=O) groups excluding carboxylic acids is 1. The largest absolute Gasteiger partial charge is 0.355 e. The minimum Gasteiger partial charge on any atom is -0.355 e. The summed E-state index contributed by atoms with van der Waals surface area (Å²) in [4.78, 5) is 11.7. The van der Waals surface area contributed by atoms with Gasteiger partial charge < -0.3 is 10.6 Å². The van der Waals surface area contributed by atoms with Gasteiger partial charge in [0.2, 0.25) is 15.9 Å². The Bertz CT molecular complexity index is 374. The van der Waals surface area contributed by atoms with Crippen LogP contribution in [0, 0.1) is 5.92 Å². The SMILES string of the molecule is CCN(CC)S(=O)(=O)CC(=O)NCC1CCCNC1. The van der Waals surface area contributed by atoms with Gasteiger partial charge in [0.15, 0.2) is 0 Å². The second kappa shape index (κ2) is 7.81. The topological polar surface area (TPSA) is 78.5 Å². The van der Waals surface area contributed by atoms with Crippen LogP contribution in [-0.4, -0.2) is 57.1 Å². The van der Waals surface area contributed by atoms with Gasteiger partial charge in [0.25, 0.3) is 0 Å². The van der Waals surface area contributed by atoms with Gasteiger partial charge >= 0.3 is 0 Å². The van der Waals surface area contributed by atoms with Crippen molar-refractivity contribution in [1.29, 1.82) is 0 Å². The first-order valence-electron chi connectivity index (χ1n) is 6.94. The summed E-state index contributed by atoms with van der Waals surface area (Å²) >= 11 is 0. The number of amides is 1. The fraction of sp³-hybridized carbons (Fsp3) is 0.917. The van der Waals surface area contributed by atoms with E-state index < -0.39 is 21.7 Å². The highest BCUT2D eigenvalue weighted by Gasteiger charge is 2.23. The maximum absolute atomic E-state index is 11.9. The first-order chi connectivity index (χ1) is 8.99. The highest BCUT2D eigenvalue weighted by Crippen LogP contribution is 2.08. The van der Waals surface area contributed by atoms with E-state index in [1.807, 2.05) is 0 Å². The van der Waals surface area contributed by atoms with Crippen LogP contribution < -0.4 is 10.6 Å². The molecule has 0 saturated carbocycles. The first kappa shape index (κ1) is 16.4. The molecule has 1 aliphatic rings. The molecule has 2 N–H and O–H groups in total. The van der Waals surface area contributed by atoms with Crippen LogP contribution >= 0.6 is 0 Å². The normalized spacial score (nSPS) is 20.5. The fourth-order valence-corrected chi connectivity index (χ4v) is 3.68. The summed E-state index contributed by atoms with van der Waals surface area (Å²) in [5, 5.41) is 5.99. The zero-order valence-corrected chi connectivity index (χ0v) is 12.6. The van der Waals surface area contributed by atoms with Crippen LogP contribution in [0.5, 0.6) is 0 Å². The second-order valence-electron chi connectivity index (χ2n) is 4.86. The van der Waals surface area contributed by atoms with Crippen molar-refractivity contribution in [3.8, 4) is 0 Å². The molecule has 1 heterocycles. The zero-order valence-electron chi connectivity index (χ0n) is 11.8. The monoisotopic (exact) mass is 291 g/mol. The molecule has 1 unspecified atom stereocenters. The molecular weight excluding hydrogens is 266 g/mol. The molecule has 19 heavy (non-hydrogen) atoms. The van der Waals surface area contributed by atoms with E-state index in [0.717, 1.165) is 25.9 Å². The summed E-state index contributed by atoms with van der Waals surface area (Å²) in [5.74, 6) is -0.444. The van der Waals surface area contributed by atoms with E-state index in [2.05, 4.69) is 10.6 Å². The second-order valence-corrected chi connectivity index (χ2v) is 6.83. The highest BCUT2D eigenvalue weighted by atomic mass is 32.2. The van der Waals surface area contributed by atoms with Gasteiger partial charge in [-0.3, -0.25) is 4.79 Å². The summed E-state index contributed by atoms with van der Waals surface area (Å²) in [6.45, 7) is 6.82. The molecule has 1 atom stereocenters. The third kappa shape index (κ3) is 5.46. The van der Waals surface area contributed by atoms with Gasteiger partial charge in [0, 0.05) is 19.6 Å². The van der Waals surface area contributed by atoms with Crippen molar-refractivity contribution in [2.45, 2.75) is 26.7 Å². The molecule has 0 radical (unpaired) electrons. The Hall–Kier alpha value is -0.660. The van der Waals surface area contributed by atoms with E-state index in [1.54, 1.807) is 13.8 Å². The number of hydrogen-bond donors (Lipinski definition) is 2. The molecule has 1 aliphatic heterocycles. The third-order valence-electron chi connectivity index (χ3n) is 3.40. The lowest BCUT2D eigenvalue weighted by molar-refractivity contribution is -0.118. The number of hydrogen-bond acceptors (Lipinski definition) is 4. The molecule has 1 saturated heterocycles. The van der Waals surface area contributed by atoms with Gasteiger partial charge in [-0.05, 0) is 31.8 Å². The van der Waals surface area contributed by atoms with Crippen LogP contribution in [0.25, 0.3) is 0 Å². The maximum Gasteiger partial charge on any atom is 0.236 e. The molecule has 0 aromatic rings. The number of sulfonamides is 1. The summed E-state index contributed by atoms with van der Waals surface area (Å²) in [5.41, 5.74) is 0. The lowest BCUT2D eigenvalue weighted by Crippen LogP contribution is -2.42. The molecule has 1 amide bonds. The number of piperidine rings is 1. The van der Waals surface area contributed by atoms with Crippen LogP contribution in [0.3, 0.4) is 0 Å². The predicted octanol–water partition coefficient (Wildman–Crippen LogP) is -0.226. The van der Waals surface area contributed by atoms with Gasteiger partial charge in [-0.1, -0.05) is 13.8 Å². The molecular formula is C12H25N3O3S. The van der Waals surface area contributed by atoms with E-state index in [4.69, 9.17) is 0 Å².